The van der Waals surface area contributed by atoms with Gasteiger partial charge in [0, 0.05) is 19.6 Å². The maximum atomic E-state index is 8.82. The van der Waals surface area contributed by atoms with Crippen LogP contribution in [0.15, 0.2) is 18.2 Å². The number of rotatable bonds is 7. The monoisotopic (exact) mass is 312 g/mol. The van der Waals surface area contributed by atoms with Crippen molar-refractivity contribution in [1.82, 2.24) is 5.32 Å². The number of hydrogen-bond acceptors (Lipinski definition) is 4. The lowest BCUT2D eigenvalue weighted by Crippen LogP contribution is -2.38. The summed E-state index contributed by atoms with van der Waals surface area (Å²) in [5.41, 5.74) is 2.40. The summed E-state index contributed by atoms with van der Waals surface area (Å²) in [4.78, 5) is 2.35. The van der Waals surface area contributed by atoms with Crippen molar-refractivity contribution in [3.8, 4) is 0 Å². The normalized spacial score (nSPS) is 16.4. The van der Waals surface area contributed by atoms with Gasteiger partial charge < -0.3 is 20.1 Å². The molecule has 1 aromatic carbocycles. The maximum Gasteiger partial charge on any atom is 0.0701 e. The van der Waals surface area contributed by atoms with Gasteiger partial charge in [0.05, 0.1) is 30.0 Å². The molecule has 0 atom stereocenters. The molecule has 0 bridgehead atoms. The first kappa shape index (κ1) is 16.6. The molecule has 2 rings (SSSR count). The molecular weight excluding hydrogens is 288 g/mol. The molecule has 0 radical (unpaired) electrons. The summed E-state index contributed by atoms with van der Waals surface area (Å²) < 4.78 is 5.62. The number of ether oxygens (including phenoxy) is 1. The summed E-state index contributed by atoms with van der Waals surface area (Å²) >= 11 is 6.43. The van der Waals surface area contributed by atoms with Gasteiger partial charge >= 0.3 is 0 Å². The van der Waals surface area contributed by atoms with E-state index >= 15 is 0 Å². The second-order valence-electron chi connectivity index (χ2n) is 5.31. The number of nitrogens with one attached hydrogen (secondary N) is 1. The number of para-hydroxylation sites is 1. The van der Waals surface area contributed by atoms with Crippen molar-refractivity contribution in [2.75, 3.05) is 37.7 Å². The summed E-state index contributed by atoms with van der Waals surface area (Å²) in [7, 11) is 0. The zero-order valence-corrected chi connectivity index (χ0v) is 13.4. The maximum absolute atomic E-state index is 8.82. The van der Waals surface area contributed by atoms with Crippen molar-refractivity contribution in [2.24, 2.45) is 0 Å². The van der Waals surface area contributed by atoms with E-state index in [0.29, 0.717) is 6.61 Å². The third kappa shape index (κ3) is 4.58. The highest BCUT2D eigenvalue weighted by molar-refractivity contribution is 6.33. The van der Waals surface area contributed by atoms with E-state index in [1.807, 2.05) is 12.1 Å². The Labute approximate surface area is 132 Å². The summed E-state index contributed by atoms with van der Waals surface area (Å²) in [5.74, 6) is 0. The van der Waals surface area contributed by atoms with Crippen LogP contribution in [0.2, 0.25) is 5.02 Å². The standard InChI is InChI=1S/C16H25ClN2O2/c1-2-18-12-13-4-3-5-15(17)16(13)19-8-6-14(7-9-19)21-11-10-20/h3-5,14,18,20H,2,6-12H2,1H3. The first-order valence-corrected chi connectivity index (χ1v) is 8.09. The number of nitrogens with zero attached hydrogens (tertiary/aromatic N) is 1. The van der Waals surface area contributed by atoms with Gasteiger partial charge in [0.2, 0.25) is 0 Å². The van der Waals surface area contributed by atoms with Crippen LogP contribution in [0.5, 0.6) is 0 Å². The fourth-order valence-corrected chi connectivity index (χ4v) is 3.10. The number of piperidine rings is 1. The highest BCUT2D eigenvalue weighted by Crippen LogP contribution is 2.32. The minimum absolute atomic E-state index is 0.0948. The zero-order chi connectivity index (χ0) is 15.1. The van der Waals surface area contributed by atoms with E-state index in [-0.39, 0.29) is 12.7 Å². The van der Waals surface area contributed by atoms with Gasteiger partial charge in [0.15, 0.2) is 0 Å². The molecule has 1 aliphatic heterocycles. The van der Waals surface area contributed by atoms with Gasteiger partial charge in [-0.2, -0.15) is 0 Å². The molecule has 0 amide bonds. The Balaban J connectivity index is 2.02. The Morgan fingerprint density at radius 1 is 1.38 bits per heavy atom. The van der Waals surface area contributed by atoms with Crippen molar-refractivity contribution in [2.45, 2.75) is 32.4 Å². The minimum atomic E-state index is 0.0948. The summed E-state index contributed by atoms with van der Waals surface area (Å²) in [5, 5.41) is 13.0. The quantitative estimate of drug-likeness (QED) is 0.811. The molecule has 1 saturated heterocycles. The predicted molar refractivity (Wildman–Crippen MR) is 87.1 cm³/mol. The lowest BCUT2D eigenvalue weighted by molar-refractivity contribution is 0.0159. The van der Waals surface area contributed by atoms with Gasteiger partial charge in [-0.3, -0.25) is 0 Å². The minimum Gasteiger partial charge on any atom is -0.394 e. The number of benzene rings is 1. The van der Waals surface area contributed by atoms with E-state index < -0.39 is 0 Å². The summed E-state index contributed by atoms with van der Waals surface area (Å²) in [6, 6.07) is 6.11. The fourth-order valence-electron chi connectivity index (χ4n) is 2.78. The highest BCUT2D eigenvalue weighted by Gasteiger charge is 2.22. The van der Waals surface area contributed by atoms with E-state index in [2.05, 4.69) is 23.2 Å². The molecule has 1 fully saturated rings. The van der Waals surface area contributed by atoms with Crippen LogP contribution in [0.3, 0.4) is 0 Å². The van der Waals surface area contributed by atoms with E-state index in [0.717, 1.165) is 49.7 Å². The average molecular weight is 313 g/mol. The van der Waals surface area contributed by atoms with Crippen LogP contribution in [0.1, 0.15) is 25.3 Å². The van der Waals surface area contributed by atoms with Crippen LogP contribution >= 0.6 is 11.6 Å². The molecule has 1 aromatic rings. The van der Waals surface area contributed by atoms with E-state index in [1.54, 1.807) is 0 Å². The molecule has 4 nitrogen and oxygen atoms in total. The van der Waals surface area contributed by atoms with E-state index in [1.165, 1.54) is 5.56 Å². The lowest BCUT2D eigenvalue weighted by Gasteiger charge is -2.35. The van der Waals surface area contributed by atoms with Crippen molar-refractivity contribution in [3.63, 3.8) is 0 Å². The van der Waals surface area contributed by atoms with Crippen LogP contribution in [-0.4, -0.2) is 44.1 Å². The van der Waals surface area contributed by atoms with Crippen LogP contribution in [0.25, 0.3) is 0 Å². The zero-order valence-electron chi connectivity index (χ0n) is 12.6. The van der Waals surface area contributed by atoms with E-state index in [4.69, 9.17) is 21.4 Å². The van der Waals surface area contributed by atoms with Crippen LogP contribution in [-0.2, 0) is 11.3 Å². The molecule has 0 aromatic heterocycles. The summed E-state index contributed by atoms with van der Waals surface area (Å²) in [6.45, 7) is 6.31. The van der Waals surface area contributed by atoms with Crippen molar-refractivity contribution >= 4 is 17.3 Å². The van der Waals surface area contributed by atoms with Gasteiger partial charge in [-0.1, -0.05) is 30.7 Å². The number of hydrogen-bond donors (Lipinski definition) is 2. The van der Waals surface area contributed by atoms with Gasteiger partial charge in [0.25, 0.3) is 0 Å². The molecule has 5 heteroatoms. The van der Waals surface area contributed by atoms with Gasteiger partial charge in [0.1, 0.15) is 0 Å². The Kier molecular flexibility index (Phi) is 6.77. The summed E-state index contributed by atoms with van der Waals surface area (Å²) in [6.07, 6.45) is 2.21. The largest absolute Gasteiger partial charge is 0.394 e. The number of anilines is 1. The Morgan fingerprint density at radius 2 is 2.14 bits per heavy atom. The average Bonchev–Trinajstić information content (AvgIpc) is 2.51. The first-order chi connectivity index (χ1) is 10.3. The molecular formula is C16H25ClN2O2. The molecule has 0 aliphatic carbocycles. The van der Waals surface area contributed by atoms with E-state index in [9.17, 15) is 0 Å². The second kappa shape index (κ2) is 8.59. The molecule has 1 aliphatic rings. The van der Waals surface area contributed by atoms with Gasteiger partial charge in [-0.25, -0.2) is 0 Å². The second-order valence-corrected chi connectivity index (χ2v) is 5.72. The van der Waals surface area contributed by atoms with Crippen LogP contribution < -0.4 is 10.2 Å². The topological polar surface area (TPSA) is 44.7 Å². The molecule has 0 saturated carbocycles. The fraction of sp³-hybridized carbons (Fsp3) is 0.625. The smallest absolute Gasteiger partial charge is 0.0701 e. The Hall–Kier alpha value is -0.810. The van der Waals surface area contributed by atoms with Crippen molar-refractivity contribution < 1.29 is 9.84 Å². The molecule has 118 valence electrons. The number of aliphatic hydroxyl groups excluding tert-OH is 1. The third-order valence-electron chi connectivity index (χ3n) is 3.84. The van der Waals surface area contributed by atoms with Gasteiger partial charge in [-0.15, -0.1) is 0 Å². The molecule has 2 N–H and O–H groups in total. The third-order valence-corrected chi connectivity index (χ3v) is 4.14. The molecule has 21 heavy (non-hydrogen) atoms. The Morgan fingerprint density at radius 3 is 2.81 bits per heavy atom. The highest BCUT2D eigenvalue weighted by atomic mass is 35.5. The molecule has 0 spiro atoms. The lowest BCUT2D eigenvalue weighted by atomic mass is 10.0. The molecule has 0 unspecified atom stereocenters. The van der Waals surface area contributed by atoms with Gasteiger partial charge in [-0.05, 0) is 31.0 Å². The molecule has 1 heterocycles. The van der Waals surface area contributed by atoms with Crippen LogP contribution in [0, 0.1) is 0 Å². The van der Waals surface area contributed by atoms with Crippen LogP contribution in [0.4, 0.5) is 5.69 Å². The first-order valence-electron chi connectivity index (χ1n) is 7.71. The SMILES string of the molecule is CCNCc1cccc(Cl)c1N1CCC(OCCO)CC1. The number of halogens is 1. The predicted octanol–water partition coefficient (Wildman–Crippen LogP) is 2.43. The Bertz CT molecular complexity index is 434. The number of aliphatic hydroxyl groups is 1. The van der Waals surface area contributed by atoms with Crippen molar-refractivity contribution in [3.05, 3.63) is 28.8 Å². The van der Waals surface area contributed by atoms with Crippen molar-refractivity contribution in [1.29, 1.82) is 0 Å².